The Morgan fingerprint density at radius 2 is 1.79 bits per heavy atom. The van der Waals surface area contributed by atoms with Crippen molar-refractivity contribution in [3.8, 4) is 10.4 Å². The van der Waals surface area contributed by atoms with Crippen LogP contribution in [0.2, 0.25) is 0 Å². The Kier molecular flexibility index (Phi) is 7.38. The maximum absolute atomic E-state index is 14.4. The number of anilines is 1. The Hall–Kier alpha value is -2.73. The molecule has 2 amide bonds. The van der Waals surface area contributed by atoms with Gasteiger partial charge in [-0.25, -0.2) is 9.97 Å². The Morgan fingerprint density at radius 1 is 1.15 bits per heavy atom. The molecular weight excluding hydrogens is 531 g/mol. The molecule has 12 heteroatoms. The van der Waals surface area contributed by atoms with Crippen LogP contribution in [0, 0.1) is 5.92 Å². The van der Waals surface area contributed by atoms with E-state index in [1.807, 2.05) is 6.92 Å². The number of hydrogen-bond acceptors (Lipinski definition) is 7. The Balaban J connectivity index is 1.54. The number of aliphatic hydroxyl groups is 1. The number of hydrogen-bond donors (Lipinski definition) is 3. The summed E-state index contributed by atoms with van der Waals surface area (Å²) >= 11 is 0.736. The van der Waals surface area contributed by atoms with Crippen molar-refractivity contribution in [2.45, 2.75) is 95.6 Å². The summed E-state index contributed by atoms with van der Waals surface area (Å²) < 4.78 is 43.2. The van der Waals surface area contributed by atoms with E-state index in [1.165, 1.54) is 13.8 Å². The van der Waals surface area contributed by atoms with E-state index in [0.29, 0.717) is 5.92 Å². The van der Waals surface area contributed by atoms with Crippen LogP contribution >= 0.6 is 11.3 Å². The lowest BCUT2D eigenvalue weighted by Crippen LogP contribution is -2.38. The molecule has 3 N–H and O–H groups in total. The van der Waals surface area contributed by atoms with Crippen LogP contribution in [0.1, 0.15) is 91.6 Å². The number of fused-ring (bicyclic) bond motifs is 2. The molecule has 2 saturated heterocycles. The molecule has 1 saturated carbocycles. The van der Waals surface area contributed by atoms with Gasteiger partial charge in [-0.1, -0.05) is 6.42 Å². The number of nitrogens with zero attached hydrogens (tertiary/aromatic N) is 3. The van der Waals surface area contributed by atoms with Gasteiger partial charge in [-0.15, -0.1) is 11.3 Å². The number of alkyl halides is 3. The highest BCUT2D eigenvalue weighted by Crippen LogP contribution is 2.44. The summed E-state index contributed by atoms with van der Waals surface area (Å²) in [4.78, 5) is 36.9. The first kappa shape index (κ1) is 27.8. The van der Waals surface area contributed by atoms with Crippen LogP contribution in [0.15, 0.2) is 12.3 Å². The number of rotatable bonds is 8. The van der Waals surface area contributed by atoms with Gasteiger partial charge < -0.3 is 20.6 Å². The van der Waals surface area contributed by atoms with Crippen molar-refractivity contribution in [2.24, 2.45) is 5.92 Å². The Labute approximate surface area is 229 Å². The topological polar surface area (TPSA) is 107 Å². The van der Waals surface area contributed by atoms with E-state index in [4.69, 9.17) is 0 Å². The zero-order valence-electron chi connectivity index (χ0n) is 22.3. The number of pyridine rings is 1. The molecule has 8 nitrogen and oxygen atoms in total. The first-order chi connectivity index (χ1) is 18.3. The van der Waals surface area contributed by atoms with Crippen LogP contribution in [-0.4, -0.2) is 62.1 Å². The molecule has 3 aliphatic rings. The molecule has 0 spiro atoms. The predicted octanol–water partition coefficient (Wildman–Crippen LogP) is 5.09. The van der Waals surface area contributed by atoms with E-state index in [2.05, 4.69) is 20.6 Å². The third-order valence-corrected chi connectivity index (χ3v) is 9.17. The molecule has 2 aromatic heterocycles. The van der Waals surface area contributed by atoms with Crippen LogP contribution in [0.3, 0.4) is 0 Å². The van der Waals surface area contributed by atoms with Gasteiger partial charge in [0.1, 0.15) is 11.5 Å². The summed E-state index contributed by atoms with van der Waals surface area (Å²) in [7, 11) is 0. The largest absolute Gasteiger partial charge is 0.417 e. The molecule has 4 heterocycles. The molecule has 2 aliphatic heterocycles. The standard InChI is InChI=1S/C27H34F3N5O3S/c1-14(15-5-4-6-15)33-20-11-19(27(28,29)30)18(12-31-20)22-21(25(37)35-16-7-8-17(35)10-9-16)34-24(39-22)23(36)32-13-26(2,3)38/h11-12,14-17,38H,4-10,13H2,1-3H3,(H,31,33)(H,32,36)/t14-,16-,17+/m1/s1. The van der Waals surface area contributed by atoms with Crippen LogP contribution in [-0.2, 0) is 6.18 Å². The van der Waals surface area contributed by atoms with Crippen LogP contribution in [0.5, 0.6) is 0 Å². The Morgan fingerprint density at radius 3 is 2.33 bits per heavy atom. The molecule has 212 valence electrons. The highest BCUT2D eigenvalue weighted by Gasteiger charge is 2.45. The van der Waals surface area contributed by atoms with Crippen molar-refractivity contribution in [3.63, 3.8) is 0 Å². The Bertz CT molecular complexity index is 1230. The highest BCUT2D eigenvalue weighted by molar-refractivity contribution is 7.17. The number of nitrogens with one attached hydrogen (secondary N) is 2. The molecule has 2 bridgehead atoms. The van der Waals surface area contributed by atoms with Gasteiger partial charge in [-0.05, 0) is 71.3 Å². The molecule has 3 fully saturated rings. The maximum Gasteiger partial charge on any atom is 0.417 e. The van der Waals surface area contributed by atoms with Gasteiger partial charge in [-0.2, -0.15) is 13.2 Å². The molecule has 0 unspecified atom stereocenters. The van der Waals surface area contributed by atoms with Crippen molar-refractivity contribution in [1.29, 1.82) is 0 Å². The summed E-state index contributed by atoms with van der Waals surface area (Å²) in [5, 5.41) is 15.5. The molecule has 1 atom stereocenters. The smallest absolute Gasteiger partial charge is 0.389 e. The van der Waals surface area contributed by atoms with Crippen LogP contribution in [0.25, 0.3) is 10.4 Å². The average Bonchev–Trinajstić information content (AvgIpc) is 3.54. The summed E-state index contributed by atoms with van der Waals surface area (Å²) in [6.07, 6.45) is 2.97. The SMILES string of the molecule is C[C@@H](Nc1cc(C(F)(F)F)c(-c2sc(C(=O)NCC(C)(C)O)nc2C(=O)N2[C@H]3CC[C@@H]2CC3)cn1)C1CCC1. The van der Waals surface area contributed by atoms with E-state index in [9.17, 15) is 27.9 Å². The summed E-state index contributed by atoms with van der Waals surface area (Å²) in [5.41, 5.74) is -2.58. The minimum atomic E-state index is -4.73. The van der Waals surface area contributed by atoms with E-state index in [1.54, 1.807) is 4.90 Å². The van der Waals surface area contributed by atoms with Gasteiger partial charge in [0, 0.05) is 36.4 Å². The number of carbonyl (C=O) groups is 2. The van der Waals surface area contributed by atoms with Crippen molar-refractivity contribution >= 4 is 29.0 Å². The number of thiazole rings is 1. The fourth-order valence-corrected chi connectivity index (χ4v) is 6.72. The van der Waals surface area contributed by atoms with E-state index < -0.39 is 29.2 Å². The number of amides is 2. The van der Waals surface area contributed by atoms with Gasteiger partial charge in [-0.3, -0.25) is 9.59 Å². The molecule has 0 aromatic carbocycles. The predicted molar refractivity (Wildman–Crippen MR) is 142 cm³/mol. The van der Waals surface area contributed by atoms with Gasteiger partial charge in [0.25, 0.3) is 11.8 Å². The third kappa shape index (κ3) is 5.77. The van der Waals surface area contributed by atoms with Crippen LogP contribution < -0.4 is 10.6 Å². The lowest BCUT2D eigenvalue weighted by Gasteiger charge is -2.32. The minimum Gasteiger partial charge on any atom is -0.389 e. The maximum atomic E-state index is 14.4. The lowest BCUT2D eigenvalue weighted by atomic mass is 9.80. The lowest BCUT2D eigenvalue weighted by molar-refractivity contribution is -0.137. The molecule has 2 aromatic rings. The van der Waals surface area contributed by atoms with Crippen molar-refractivity contribution in [2.75, 3.05) is 11.9 Å². The first-order valence-electron chi connectivity index (χ1n) is 13.5. The second-order valence-electron chi connectivity index (χ2n) is 11.6. The highest BCUT2D eigenvalue weighted by atomic mass is 32.1. The summed E-state index contributed by atoms with van der Waals surface area (Å²) in [6, 6.07) is 1.02. The van der Waals surface area contributed by atoms with Gasteiger partial charge in [0.05, 0.1) is 16.0 Å². The monoisotopic (exact) mass is 565 g/mol. The number of aromatic nitrogens is 2. The molecule has 0 radical (unpaired) electrons. The van der Waals surface area contributed by atoms with Crippen molar-refractivity contribution in [1.82, 2.24) is 20.2 Å². The van der Waals surface area contributed by atoms with Gasteiger partial charge >= 0.3 is 6.18 Å². The first-order valence-corrected chi connectivity index (χ1v) is 14.3. The van der Waals surface area contributed by atoms with Crippen molar-refractivity contribution < 1.29 is 27.9 Å². The quantitative estimate of drug-likeness (QED) is 0.412. The second-order valence-corrected chi connectivity index (χ2v) is 12.6. The minimum absolute atomic E-state index is 0.0181. The van der Waals surface area contributed by atoms with E-state index in [-0.39, 0.29) is 51.6 Å². The number of halogens is 3. The van der Waals surface area contributed by atoms with E-state index >= 15 is 0 Å². The summed E-state index contributed by atoms with van der Waals surface area (Å²) in [6.45, 7) is 4.88. The normalized spacial score (nSPS) is 22.1. The average molecular weight is 566 g/mol. The molecule has 1 aliphatic carbocycles. The third-order valence-electron chi connectivity index (χ3n) is 8.08. The van der Waals surface area contributed by atoms with Crippen LogP contribution in [0.4, 0.5) is 19.0 Å². The van der Waals surface area contributed by atoms with Gasteiger partial charge in [0.2, 0.25) is 0 Å². The van der Waals surface area contributed by atoms with Crippen molar-refractivity contribution in [3.05, 3.63) is 28.5 Å². The zero-order chi connectivity index (χ0) is 28.1. The van der Waals surface area contributed by atoms with Gasteiger partial charge in [0.15, 0.2) is 5.01 Å². The number of carbonyl (C=O) groups excluding carboxylic acids is 2. The fraction of sp³-hybridized carbons (Fsp3) is 0.630. The molecule has 39 heavy (non-hydrogen) atoms. The zero-order valence-corrected chi connectivity index (χ0v) is 23.1. The molecule has 5 rings (SSSR count). The van der Waals surface area contributed by atoms with E-state index in [0.717, 1.165) is 68.5 Å². The summed E-state index contributed by atoms with van der Waals surface area (Å²) in [5.74, 6) is -0.612. The molecular formula is C27H34F3N5O3S. The second kappa shape index (κ2) is 10.3. The fourth-order valence-electron chi connectivity index (χ4n) is 5.72.